The number of nitrogens with zero attached hydrogens (tertiary/aromatic N) is 2. The lowest BCUT2D eigenvalue weighted by molar-refractivity contribution is 0.470. The maximum Gasteiger partial charge on any atom is 0.223 e. The molecule has 1 aromatic carbocycles. The highest BCUT2D eigenvalue weighted by atomic mass is 16.3. The van der Waals surface area contributed by atoms with Gasteiger partial charge in [-0.2, -0.15) is 4.99 Å². The molecule has 86 valence electrons. The predicted molar refractivity (Wildman–Crippen MR) is 64.7 cm³/mol. The van der Waals surface area contributed by atoms with Gasteiger partial charge in [0.15, 0.2) is 5.96 Å². The van der Waals surface area contributed by atoms with E-state index in [4.69, 9.17) is 17.2 Å². The molecule has 0 unspecified atom stereocenters. The van der Waals surface area contributed by atoms with E-state index in [1.165, 1.54) is 0 Å². The van der Waals surface area contributed by atoms with Gasteiger partial charge in [0.1, 0.15) is 5.75 Å². The van der Waals surface area contributed by atoms with Crippen molar-refractivity contribution in [3.05, 3.63) is 23.3 Å². The average Bonchev–Trinajstić information content (AvgIpc) is 2.18. The molecule has 0 heterocycles. The highest BCUT2D eigenvalue weighted by Crippen LogP contribution is 2.28. The fraction of sp³-hybridized carbons (Fsp3) is 0.200. The van der Waals surface area contributed by atoms with Crippen molar-refractivity contribution in [2.45, 2.75) is 13.8 Å². The van der Waals surface area contributed by atoms with Crippen molar-refractivity contribution in [3.8, 4) is 5.75 Å². The third-order valence-corrected chi connectivity index (χ3v) is 2.21. The lowest BCUT2D eigenvalue weighted by Crippen LogP contribution is -2.26. The van der Waals surface area contributed by atoms with Crippen LogP contribution < -0.4 is 17.2 Å². The van der Waals surface area contributed by atoms with Gasteiger partial charge in [-0.15, -0.1) is 0 Å². The van der Waals surface area contributed by atoms with E-state index in [0.29, 0.717) is 5.69 Å². The highest BCUT2D eigenvalue weighted by molar-refractivity contribution is 5.93. The monoisotopic (exact) mass is 221 g/mol. The standard InChI is InChI=1S/C10H15N5O/c1-5-6(2)8(16)4-3-7(5)14-10(13)15-9(11)12/h3-4,16H,1-2H3,(H6,11,12,13,14,15). The molecular formula is C10H15N5O. The molecule has 0 saturated heterocycles. The van der Waals surface area contributed by atoms with Crippen LogP contribution >= 0.6 is 0 Å². The number of phenolic OH excluding ortho intramolecular Hbond substituents is 1. The second kappa shape index (κ2) is 4.52. The Hall–Kier alpha value is -2.24. The second-order valence-corrected chi connectivity index (χ2v) is 3.36. The van der Waals surface area contributed by atoms with Crippen LogP contribution in [0.5, 0.6) is 5.75 Å². The Balaban J connectivity index is 3.17. The Kier molecular flexibility index (Phi) is 3.34. The zero-order valence-electron chi connectivity index (χ0n) is 9.23. The Bertz CT molecular complexity index is 461. The van der Waals surface area contributed by atoms with Crippen LogP contribution in [-0.2, 0) is 0 Å². The summed E-state index contributed by atoms with van der Waals surface area (Å²) in [6.45, 7) is 3.62. The first-order valence-corrected chi connectivity index (χ1v) is 4.64. The first kappa shape index (κ1) is 11.8. The van der Waals surface area contributed by atoms with Crippen LogP contribution in [0.1, 0.15) is 11.1 Å². The summed E-state index contributed by atoms with van der Waals surface area (Å²) in [4.78, 5) is 7.64. The van der Waals surface area contributed by atoms with Crippen LogP contribution in [0.3, 0.4) is 0 Å². The summed E-state index contributed by atoms with van der Waals surface area (Å²) in [5.41, 5.74) is 18.0. The molecule has 6 heteroatoms. The van der Waals surface area contributed by atoms with E-state index in [0.717, 1.165) is 11.1 Å². The molecule has 0 bridgehead atoms. The summed E-state index contributed by atoms with van der Waals surface area (Å²) in [5, 5.41) is 9.46. The van der Waals surface area contributed by atoms with E-state index in [1.54, 1.807) is 19.1 Å². The van der Waals surface area contributed by atoms with Crippen LogP contribution in [0.25, 0.3) is 0 Å². The maximum absolute atomic E-state index is 9.46. The fourth-order valence-electron chi connectivity index (χ4n) is 1.19. The van der Waals surface area contributed by atoms with Crippen molar-refractivity contribution in [2.75, 3.05) is 0 Å². The highest BCUT2D eigenvalue weighted by Gasteiger charge is 2.04. The predicted octanol–water partition coefficient (Wildman–Crippen LogP) is 0.229. The molecule has 0 aliphatic heterocycles. The normalized spacial score (nSPS) is 11.2. The van der Waals surface area contributed by atoms with Crippen molar-refractivity contribution in [3.63, 3.8) is 0 Å². The maximum atomic E-state index is 9.46. The third kappa shape index (κ3) is 2.63. The van der Waals surface area contributed by atoms with Crippen molar-refractivity contribution < 1.29 is 5.11 Å². The number of aliphatic imine (C=N–C) groups is 2. The summed E-state index contributed by atoms with van der Waals surface area (Å²) in [6.07, 6.45) is 0. The van der Waals surface area contributed by atoms with Crippen molar-refractivity contribution >= 4 is 17.6 Å². The van der Waals surface area contributed by atoms with E-state index in [-0.39, 0.29) is 17.7 Å². The topological polar surface area (TPSA) is 123 Å². The first-order valence-electron chi connectivity index (χ1n) is 4.64. The van der Waals surface area contributed by atoms with Gasteiger partial charge >= 0.3 is 0 Å². The largest absolute Gasteiger partial charge is 0.508 e. The van der Waals surface area contributed by atoms with Crippen LogP contribution in [0, 0.1) is 13.8 Å². The summed E-state index contributed by atoms with van der Waals surface area (Å²) >= 11 is 0. The van der Waals surface area contributed by atoms with E-state index < -0.39 is 0 Å². The zero-order valence-corrected chi connectivity index (χ0v) is 9.23. The minimum atomic E-state index is -0.144. The molecule has 0 saturated carbocycles. The summed E-state index contributed by atoms with van der Waals surface area (Å²) in [7, 11) is 0. The number of rotatable bonds is 1. The van der Waals surface area contributed by atoms with Crippen LogP contribution in [-0.4, -0.2) is 17.0 Å². The summed E-state index contributed by atoms with van der Waals surface area (Å²) < 4.78 is 0. The molecular weight excluding hydrogens is 206 g/mol. The molecule has 0 spiro atoms. The third-order valence-electron chi connectivity index (χ3n) is 2.21. The second-order valence-electron chi connectivity index (χ2n) is 3.36. The molecule has 1 rings (SSSR count). The van der Waals surface area contributed by atoms with E-state index in [2.05, 4.69) is 9.98 Å². The fourth-order valence-corrected chi connectivity index (χ4v) is 1.19. The Morgan fingerprint density at radius 1 is 1.12 bits per heavy atom. The summed E-state index contributed by atoms with van der Waals surface area (Å²) in [6, 6.07) is 3.19. The van der Waals surface area contributed by atoms with Crippen molar-refractivity contribution in [1.82, 2.24) is 0 Å². The van der Waals surface area contributed by atoms with Gasteiger partial charge in [-0.3, -0.25) is 0 Å². The van der Waals surface area contributed by atoms with E-state index >= 15 is 0 Å². The van der Waals surface area contributed by atoms with Crippen LogP contribution in [0.15, 0.2) is 22.1 Å². The molecule has 0 aromatic heterocycles. The Labute approximate surface area is 93.5 Å². The average molecular weight is 221 g/mol. The lowest BCUT2D eigenvalue weighted by atomic mass is 10.1. The number of hydrogen-bond donors (Lipinski definition) is 4. The molecule has 16 heavy (non-hydrogen) atoms. The van der Waals surface area contributed by atoms with Gasteiger partial charge < -0.3 is 22.3 Å². The minimum Gasteiger partial charge on any atom is -0.508 e. The lowest BCUT2D eigenvalue weighted by Gasteiger charge is -2.06. The number of benzene rings is 1. The quantitative estimate of drug-likeness (QED) is 0.400. The molecule has 0 fully saturated rings. The van der Waals surface area contributed by atoms with Gasteiger partial charge in [0.25, 0.3) is 0 Å². The smallest absolute Gasteiger partial charge is 0.223 e. The summed E-state index contributed by atoms with van der Waals surface area (Å²) in [5.74, 6) is 0.0551. The van der Waals surface area contributed by atoms with Crippen LogP contribution in [0.4, 0.5) is 5.69 Å². The van der Waals surface area contributed by atoms with Gasteiger partial charge in [-0.1, -0.05) is 0 Å². The SMILES string of the molecule is Cc1c(O)ccc(N=C(N)N=C(N)N)c1C. The molecule has 6 nitrogen and oxygen atoms in total. The van der Waals surface area contributed by atoms with Gasteiger partial charge in [0.2, 0.25) is 5.96 Å². The molecule has 0 aliphatic carbocycles. The van der Waals surface area contributed by atoms with Crippen LogP contribution in [0.2, 0.25) is 0 Å². The van der Waals surface area contributed by atoms with Gasteiger partial charge in [0.05, 0.1) is 5.69 Å². The number of guanidine groups is 2. The van der Waals surface area contributed by atoms with Gasteiger partial charge in [-0.05, 0) is 37.1 Å². The molecule has 0 amide bonds. The number of nitrogens with two attached hydrogens (primary N) is 3. The van der Waals surface area contributed by atoms with Gasteiger partial charge in [-0.25, -0.2) is 4.99 Å². The molecule has 7 N–H and O–H groups in total. The van der Waals surface area contributed by atoms with E-state index in [1.807, 2.05) is 6.92 Å². The van der Waals surface area contributed by atoms with Crippen molar-refractivity contribution in [1.29, 1.82) is 0 Å². The molecule has 1 aromatic rings. The number of aromatic hydroxyl groups is 1. The first-order chi connectivity index (χ1) is 7.41. The number of hydrogen-bond acceptors (Lipinski definition) is 2. The molecule has 0 aliphatic rings. The number of phenols is 1. The Morgan fingerprint density at radius 2 is 1.75 bits per heavy atom. The molecule has 0 atom stereocenters. The molecule has 0 radical (unpaired) electrons. The van der Waals surface area contributed by atoms with E-state index in [9.17, 15) is 5.11 Å². The van der Waals surface area contributed by atoms with Crippen molar-refractivity contribution in [2.24, 2.45) is 27.2 Å². The minimum absolute atomic E-state index is 0.0202. The Morgan fingerprint density at radius 3 is 2.31 bits per heavy atom. The zero-order chi connectivity index (χ0) is 12.3. The van der Waals surface area contributed by atoms with Gasteiger partial charge in [0, 0.05) is 0 Å².